The van der Waals surface area contributed by atoms with Crippen molar-refractivity contribution < 1.29 is 33.3 Å². The van der Waals surface area contributed by atoms with Gasteiger partial charge in [-0.15, -0.1) is 0 Å². The minimum Gasteiger partial charge on any atom is -0.494 e. The van der Waals surface area contributed by atoms with Crippen molar-refractivity contribution in [3.63, 3.8) is 0 Å². The highest BCUT2D eigenvalue weighted by Crippen LogP contribution is 2.30. The maximum atomic E-state index is 11.9. The fourth-order valence-corrected chi connectivity index (χ4v) is 2.07. The second kappa shape index (κ2) is 6.61. The molecule has 1 fully saturated rings. The second-order valence-electron chi connectivity index (χ2n) is 5.26. The van der Waals surface area contributed by atoms with Crippen LogP contribution in [0.1, 0.15) is 24.2 Å². The number of esters is 3. The fourth-order valence-electron chi connectivity index (χ4n) is 2.07. The Labute approximate surface area is 138 Å². The molecular weight excluding hydrogens is 318 g/mol. The molecule has 0 saturated carbocycles. The molecule has 8 nitrogen and oxygen atoms in total. The molecule has 1 aliphatic rings. The molecule has 1 saturated heterocycles. The normalized spacial score (nSPS) is 15.9. The first-order valence-corrected chi connectivity index (χ1v) is 6.97. The van der Waals surface area contributed by atoms with Crippen LogP contribution in [0.4, 0.5) is 5.69 Å². The van der Waals surface area contributed by atoms with Gasteiger partial charge in [-0.3, -0.25) is 0 Å². The topological polar surface area (TPSA) is 100 Å². The van der Waals surface area contributed by atoms with Crippen molar-refractivity contribution in [2.75, 3.05) is 19.5 Å². The Hall–Kier alpha value is -3.03. The minimum absolute atomic E-state index is 0.193. The molecule has 8 heteroatoms. The largest absolute Gasteiger partial charge is 0.494 e. The number of ether oxygens (including phenoxy) is 4. The predicted molar refractivity (Wildman–Crippen MR) is 82.3 cm³/mol. The van der Waals surface area contributed by atoms with E-state index in [-0.39, 0.29) is 16.9 Å². The van der Waals surface area contributed by atoms with Crippen LogP contribution in [0.25, 0.3) is 0 Å². The molecule has 1 aromatic carbocycles. The zero-order chi connectivity index (χ0) is 17.9. The first-order chi connectivity index (χ1) is 11.3. The molecule has 0 spiro atoms. The van der Waals surface area contributed by atoms with Crippen LogP contribution in [0, 0.1) is 0 Å². The van der Waals surface area contributed by atoms with Gasteiger partial charge < -0.3 is 24.3 Å². The number of hydrogen-bond acceptors (Lipinski definition) is 8. The Bertz CT molecular complexity index is 699. The zero-order valence-electron chi connectivity index (χ0n) is 13.7. The monoisotopic (exact) mass is 335 g/mol. The van der Waals surface area contributed by atoms with E-state index in [1.54, 1.807) is 12.1 Å². The highest BCUT2D eigenvalue weighted by molar-refractivity contribution is 6.15. The van der Waals surface area contributed by atoms with Crippen LogP contribution in [0.3, 0.4) is 0 Å². The van der Waals surface area contributed by atoms with Crippen LogP contribution in [-0.2, 0) is 23.8 Å². The van der Waals surface area contributed by atoms with E-state index in [9.17, 15) is 14.4 Å². The smallest absolute Gasteiger partial charge is 0.350 e. The molecule has 0 bridgehead atoms. The molecule has 0 unspecified atom stereocenters. The third-order valence-corrected chi connectivity index (χ3v) is 3.11. The second-order valence-corrected chi connectivity index (χ2v) is 5.26. The molecule has 24 heavy (non-hydrogen) atoms. The Balaban J connectivity index is 2.30. The summed E-state index contributed by atoms with van der Waals surface area (Å²) in [7, 11) is 2.63. The van der Waals surface area contributed by atoms with E-state index in [4.69, 9.17) is 14.2 Å². The van der Waals surface area contributed by atoms with Crippen LogP contribution in [0.2, 0.25) is 0 Å². The van der Waals surface area contributed by atoms with Crippen molar-refractivity contribution in [3.05, 3.63) is 35.5 Å². The van der Waals surface area contributed by atoms with Crippen molar-refractivity contribution in [2.45, 2.75) is 19.6 Å². The molecule has 0 amide bonds. The first-order valence-electron chi connectivity index (χ1n) is 6.97. The standard InChI is InChI=1S/C16H17NO7/c1-16(2)23-14(19)10(15(20)24-16)8-17-11-7-5-6-9(12(11)21-3)13(18)22-4/h5-8,17H,1-4H3. The molecule has 0 aliphatic carbocycles. The average molecular weight is 335 g/mol. The van der Waals surface area contributed by atoms with Gasteiger partial charge in [0.25, 0.3) is 5.79 Å². The van der Waals surface area contributed by atoms with Crippen LogP contribution in [0.5, 0.6) is 5.75 Å². The molecule has 0 radical (unpaired) electrons. The van der Waals surface area contributed by atoms with Gasteiger partial charge >= 0.3 is 17.9 Å². The lowest BCUT2D eigenvalue weighted by Gasteiger charge is -2.29. The van der Waals surface area contributed by atoms with Gasteiger partial charge in [-0.05, 0) is 12.1 Å². The van der Waals surface area contributed by atoms with Gasteiger partial charge in [-0.25, -0.2) is 14.4 Å². The third kappa shape index (κ3) is 3.48. The number of nitrogens with one attached hydrogen (secondary N) is 1. The highest BCUT2D eigenvalue weighted by Gasteiger charge is 2.39. The number of carbonyl (C=O) groups is 3. The number of cyclic esters (lactones) is 2. The third-order valence-electron chi connectivity index (χ3n) is 3.11. The number of methoxy groups -OCH3 is 2. The Morgan fingerprint density at radius 1 is 1.17 bits per heavy atom. The lowest BCUT2D eigenvalue weighted by atomic mass is 10.1. The van der Waals surface area contributed by atoms with Crippen LogP contribution in [-0.4, -0.2) is 37.9 Å². The summed E-state index contributed by atoms with van der Waals surface area (Å²) < 4.78 is 19.8. The molecule has 2 rings (SSSR count). The Kier molecular flexibility index (Phi) is 4.77. The average Bonchev–Trinajstić information content (AvgIpc) is 2.51. The molecule has 0 atom stereocenters. The molecule has 1 aliphatic heterocycles. The minimum atomic E-state index is -1.31. The van der Waals surface area contributed by atoms with Crippen molar-refractivity contribution in [1.82, 2.24) is 0 Å². The Morgan fingerprint density at radius 3 is 2.33 bits per heavy atom. The van der Waals surface area contributed by atoms with Crippen LogP contribution >= 0.6 is 0 Å². The quantitative estimate of drug-likeness (QED) is 0.503. The number of anilines is 1. The summed E-state index contributed by atoms with van der Waals surface area (Å²) in [6.45, 7) is 2.91. The first kappa shape index (κ1) is 17.3. The molecule has 128 valence electrons. The summed E-state index contributed by atoms with van der Waals surface area (Å²) in [6.07, 6.45) is 1.14. The summed E-state index contributed by atoms with van der Waals surface area (Å²) in [6, 6.07) is 4.72. The van der Waals surface area contributed by atoms with Crippen molar-refractivity contribution in [1.29, 1.82) is 0 Å². The summed E-state index contributed by atoms with van der Waals surface area (Å²) >= 11 is 0. The number of benzene rings is 1. The summed E-state index contributed by atoms with van der Waals surface area (Å²) in [4.78, 5) is 35.5. The molecule has 0 aromatic heterocycles. The van der Waals surface area contributed by atoms with Gasteiger partial charge in [0.1, 0.15) is 5.56 Å². The SMILES string of the molecule is COC(=O)c1cccc(NC=C2C(=O)OC(C)(C)OC2=O)c1OC. The van der Waals surface area contributed by atoms with Gasteiger partial charge in [0.2, 0.25) is 0 Å². The van der Waals surface area contributed by atoms with Gasteiger partial charge in [-0.2, -0.15) is 0 Å². The zero-order valence-corrected chi connectivity index (χ0v) is 13.7. The van der Waals surface area contributed by atoms with Gasteiger partial charge in [0.15, 0.2) is 11.3 Å². The van der Waals surface area contributed by atoms with E-state index in [1.807, 2.05) is 0 Å². The lowest BCUT2D eigenvalue weighted by molar-refractivity contribution is -0.222. The fraction of sp³-hybridized carbons (Fsp3) is 0.312. The van der Waals surface area contributed by atoms with Gasteiger partial charge in [-0.1, -0.05) is 6.07 Å². The summed E-state index contributed by atoms with van der Waals surface area (Å²) in [5.74, 6) is -3.31. The van der Waals surface area contributed by atoms with Crippen LogP contribution < -0.4 is 10.1 Å². The summed E-state index contributed by atoms with van der Waals surface area (Å²) in [5.41, 5.74) is 0.247. The maximum Gasteiger partial charge on any atom is 0.350 e. The number of rotatable bonds is 4. The maximum absolute atomic E-state index is 11.9. The Morgan fingerprint density at radius 2 is 1.79 bits per heavy atom. The van der Waals surface area contributed by atoms with Gasteiger partial charge in [0, 0.05) is 20.0 Å². The summed E-state index contributed by atoms with van der Waals surface area (Å²) in [5, 5.41) is 2.74. The van der Waals surface area contributed by atoms with E-state index in [2.05, 4.69) is 10.1 Å². The molecule has 1 N–H and O–H groups in total. The molecule has 1 heterocycles. The highest BCUT2D eigenvalue weighted by atomic mass is 16.7. The molecular formula is C16H17NO7. The van der Waals surface area contributed by atoms with E-state index >= 15 is 0 Å². The van der Waals surface area contributed by atoms with E-state index < -0.39 is 23.7 Å². The van der Waals surface area contributed by atoms with E-state index in [0.717, 1.165) is 6.20 Å². The number of para-hydroxylation sites is 1. The van der Waals surface area contributed by atoms with Crippen molar-refractivity contribution in [3.8, 4) is 5.75 Å². The number of hydrogen-bond donors (Lipinski definition) is 1. The van der Waals surface area contributed by atoms with Crippen molar-refractivity contribution >= 4 is 23.6 Å². The van der Waals surface area contributed by atoms with E-state index in [0.29, 0.717) is 5.69 Å². The van der Waals surface area contributed by atoms with Crippen molar-refractivity contribution in [2.24, 2.45) is 0 Å². The van der Waals surface area contributed by atoms with Crippen LogP contribution in [0.15, 0.2) is 30.0 Å². The van der Waals surface area contributed by atoms with Gasteiger partial charge in [0.05, 0.1) is 19.9 Å². The lowest BCUT2D eigenvalue weighted by Crippen LogP contribution is -2.42. The molecule has 1 aromatic rings. The predicted octanol–water partition coefficient (Wildman–Crippen LogP) is 1.61. The number of carbonyl (C=O) groups excluding carboxylic acids is 3. The van der Waals surface area contributed by atoms with E-state index in [1.165, 1.54) is 34.1 Å².